The zero-order valence-electron chi connectivity index (χ0n) is 8.32. The molecule has 1 saturated heterocycles. The predicted molar refractivity (Wildman–Crippen MR) is 47.5 cm³/mol. The van der Waals surface area contributed by atoms with Crippen molar-refractivity contribution in [2.45, 2.75) is 26.1 Å². The summed E-state index contributed by atoms with van der Waals surface area (Å²) >= 11 is 0. The molecule has 0 bridgehead atoms. The molecule has 1 rings (SSSR count). The van der Waals surface area contributed by atoms with Gasteiger partial charge in [-0.2, -0.15) is 0 Å². The predicted octanol–water partition coefficient (Wildman–Crippen LogP) is 1.43. The van der Waals surface area contributed by atoms with E-state index in [4.69, 9.17) is 14.2 Å². The van der Waals surface area contributed by atoms with E-state index >= 15 is 0 Å². The summed E-state index contributed by atoms with van der Waals surface area (Å²) in [6, 6.07) is 0. The van der Waals surface area contributed by atoms with E-state index in [2.05, 4.69) is 11.3 Å². The maximum absolute atomic E-state index is 11.0. The van der Waals surface area contributed by atoms with E-state index in [-0.39, 0.29) is 25.3 Å². The summed E-state index contributed by atoms with van der Waals surface area (Å²) in [5.41, 5.74) is 0. The van der Waals surface area contributed by atoms with Gasteiger partial charge in [0, 0.05) is 0 Å². The summed E-state index contributed by atoms with van der Waals surface area (Å²) in [6.45, 7) is 7.52. The average Bonchev–Trinajstić information content (AvgIpc) is 2.10. The minimum atomic E-state index is -0.705. The van der Waals surface area contributed by atoms with E-state index in [1.165, 1.54) is 0 Å². The molecule has 2 atom stereocenters. The molecule has 0 aliphatic carbocycles. The van der Waals surface area contributed by atoms with Crippen molar-refractivity contribution in [2.24, 2.45) is 0 Å². The second kappa shape index (κ2) is 4.74. The van der Waals surface area contributed by atoms with Crippen LogP contribution in [0.15, 0.2) is 12.5 Å². The van der Waals surface area contributed by atoms with Crippen molar-refractivity contribution in [1.29, 1.82) is 0 Å². The largest absolute Gasteiger partial charge is 0.508 e. The molecule has 0 saturated carbocycles. The van der Waals surface area contributed by atoms with Crippen LogP contribution in [0.3, 0.4) is 0 Å². The number of rotatable bonds is 2. The summed E-state index contributed by atoms with van der Waals surface area (Å²) in [6.07, 6.45) is -1.41. The molecule has 2 unspecified atom stereocenters. The van der Waals surface area contributed by atoms with Gasteiger partial charge in [-0.05, 0) is 20.4 Å². The Bertz CT molecular complexity index is 225. The highest BCUT2D eigenvalue weighted by Crippen LogP contribution is 2.17. The van der Waals surface area contributed by atoms with Gasteiger partial charge in [0.15, 0.2) is 6.10 Å². The summed E-state index contributed by atoms with van der Waals surface area (Å²) in [4.78, 5) is 11.0. The lowest BCUT2D eigenvalue weighted by atomic mass is 10.2. The highest BCUT2D eigenvalue weighted by molar-refractivity contribution is 5.60. The summed E-state index contributed by atoms with van der Waals surface area (Å²) in [7, 11) is 0. The fraction of sp³-hybridized carbons (Fsp3) is 0.667. The van der Waals surface area contributed by atoms with Gasteiger partial charge in [0.1, 0.15) is 12.7 Å². The van der Waals surface area contributed by atoms with Crippen molar-refractivity contribution in [1.82, 2.24) is 0 Å². The molecule has 0 radical (unpaired) electrons. The summed E-state index contributed by atoms with van der Waals surface area (Å²) < 4.78 is 19.7. The van der Waals surface area contributed by atoms with Crippen LogP contribution >= 0.6 is 0 Å². The number of carbonyl (C=O) groups is 1. The standard InChI is InChI=1S/C9H14O5/c1-4-11-9(10)14-8-5-12-7(3)13-6(8)2/h6,8H,3-5H2,1-2H3. The van der Waals surface area contributed by atoms with Crippen LogP contribution in [-0.2, 0) is 18.9 Å². The van der Waals surface area contributed by atoms with Crippen LogP contribution in [0.2, 0.25) is 0 Å². The number of hydrogen-bond donors (Lipinski definition) is 0. The number of ether oxygens (including phenoxy) is 4. The van der Waals surface area contributed by atoms with Gasteiger partial charge in [0.2, 0.25) is 0 Å². The Kier molecular flexibility index (Phi) is 3.62. The third-order valence-electron chi connectivity index (χ3n) is 1.76. The molecule has 1 heterocycles. The first-order chi connectivity index (χ1) is 6.63. The van der Waals surface area contributed by atoms with Crippen LogP contribution in [0, 0.1) is 0 Å². The van der Waals surface area contributed by atoms with Crippen LogP contribution in [0.4, 0.5) is 4.79 Å². The molecule has 80 valence electrons. The lowest BCUT2D eigenvalue weighted by Crippen LogP contribution is -2.39. The average molecular weight is 202 g/mol. The van der Waals surface area contributed by atoms with Crippen LogP contribution in [0.25, 0.3) is 0 Å². The SMILES string of the molecule is C=C1OCC(OC(=O)OCC)C(C)O1. The summed E-state index contributed by atoms with van der Waals surface area (Å²) in [5, 5.41) is 0. The van der Waals surface area contributed by atoms with Crippen LogP contribution in [-0.4, -0.2) is 31.6 Å². The number of hydrogen-bond acceptors (Lipinski definition) is 5. The van der Waals surface area contributed by atoms with Crippen molar-refractivity contribution < 1.29 is 23.7 Å². The fourth-order valence-corrected chi connectivity index (χ4v) is 1.03. The third kappa shape index (κ3) is 2.83. The molecule has 0 amide bonds. The monoisotopic (exact) mass is 202 g/mol. The molecule has 0 spiro atoms. The van der Waals surface area contributed by atoms with Gasteiger partial charge in [0.25, 0.3) is 5.95 Å². The molecule has 0 aromatic carbocycles. The molecule has 14 heavy (non-hydrogen) atoms. The lowest BCUT2D eigenvalue weighted by Gasteiger charge is -2.29. The second-order valence-corrected chi connectivity index (χ2v) is 2.85. The van der Waals surface area contributed by atoms with Gasteiger partial charge < -0.3 is 18.9 Å². The second-order valence-electron chi connectivity index (χ2n) is 2.85. The first-order valence-electron chi connectivity index (χ1n) is 4.45. The zero-order chi connectivity index (χ0) is 10.6. The first kappa shape index (κ1) is 10.7. The molecule has 5 nitrogen and oxygen atoms in total. The van der Waals surface area contributed by atoms with E-state index in [1.807, 2.05) is 0 Å². The molecular weight excluding hydrogens is 188 g/mol. The Morgan fingerprint density at radius 3 is 3.00 bits per heavy atom. The fourth-order valence-electron chi connectivity index (χ4n) is 1.03. The van der Waals surface area contributed by atoms with E-state index < -0.39 is 12.3 Å². The van der Waals surface area contributed by atoms with Gasteiger partial charge in [-0.1, -0.05) is 0 Å². The highest BCUT2D eigenvalue weighted by atomic mass is 16.8. The maximum atomic E-state index is 11.0. The van der Waals surface area contributed by atoms with Crippen molar-refractivity contribution in [2.75, 3.05) is 13.2 Å². The smallest absolute Gasteiger partial charge is 0.462 e. The first-order valence-corrected chi connectivity index (χ1v) is 4.45. The molecule has 1 aliphatic heterocycles. The lowest BCUT2D eigenvalue weighted by molar-refractivity contribution is -0.138. The van der Waals surface area contributed by atoms with Gasteiger partial charge in [-0.25, -0.2) is 4.79 Å². The molecule has 5 heteroatoms. The summed E-state index contributed by atoms with van der Waals surface area (Å²) in [5.74, 6) is 0.251. The van der Waals surface area contributed by atoms with Crippen LogP contribution in [0.5, 0.6) is 0 Å². The molecule has 1 fully saturated rings. The number of carbonyl (C=O) groups excluding carboxylic acids is 1. The molecule has 0 N–H and O–H groups in total. The van der Waals surface area contributed by atoms with Crippen LogP contribution in [0.1, 0.15) is 13.8 Å². The van der Waals surface area contributed by atoms with Gasteiger partial charge in [0.05, 0.1) is 6.61 Å². The maximum Gasteiger partial charge on any atom is 0.508 e. The van der Waals surface area contributed by atoms with Gasteiger partial charge >= 0.3 is 6.16 Å². The minimum absolute atomic E-state index is 0.249. The topological polar surface area (TPSA) is 54.0 Å². The molecule has 1 aliphatic rings. The van der Waals surface area contributed by atoms with Gasteiger partial charge in [-0.3, -0.25) is 0 Å². The molecular formula is C9H14O5. The molecule has 0 aromatic rings. The van der Waals surface area contributed by atoms with Crippen molar-refractivity contribution in [3.8, 4) is 0 Å². The van der Waals surface area contributed by atoms with Crippen LogP contribution < -0.4 is 0 Å². The van der Waals surface area contributed by atoms with Crippen molar-refractivity contribution in [3.63, 3.8) is 0 Å². The Balaban J connectivity index is 2.37. The van der Waals surface area contributed by atoms with Gasteiger partial charge in [-0.15, -0.1) is 0 Å². The van der Waals surface area contributed by atoms with E-state index in [0.717, 1.165) is 0 Å². The Labute approximate surface area is 82.6 Å². The van der Waals surface area contributed by atoms with E-state index in [0.29, 0.717) is 0 Å². The minimum Gasteiger partial charge on any atom is -0.462 e. The van der Waals surface area contributed by atoms with Crippen molar-refractivity contribution >= 4 is 6.16 Å². The third-order valence-corrected chi connectivity index (χ3v) is 1.76. The zero-order valence-corrected chi connectivity index (χ0v) is 8.32. The van der Waals surface area contributed by atoms with Crippen molar-refractivity contribution in [3.05, 3.63) is 12.5 Å². The van der Waals surface area contributed by atoms with E-state index in [1.54, 1.807) is 13.8 Å². The quantitative estimate of drug-likeness (QED) is 0.634. The Morgan fingerprint density at radius 1 is 1.71 bits per heavy atom. The normalized spacial score (nSPS) is 26.0. The molecule has 0 aromatic heterocycles. The van der Waals surface area contributed by atoms with E-state index in [9.17, 15) is 4.79 Å². The highest BCUT2D eigenvalue weighted by Gasteiger charge is 2.29. The Morgan fingerprint density at radius 2 is 2.43 bits per heavy atom. The Hall–Kier alpha value is -1.39.